The van der Waals surface area contributed by atoms with Crippen LogP contribution < -0.4 is 4.74 Å². The summed E-state index contributed by atoms with van der Waals surface area (Å²) in [6.07, 6.45) is 0.102. The van der Waals surface area contributed by atoms with Gasteiger partial charge in [-0.2, -0.15) is 0 Å². The monoisotopic (exact) mass is 226 g/mol. The molecule has 0 spiro atoms. The average molecular weight is 227 g/mol. The van der Waals surface area contributed by atoms with E-state index in [4.69, 9.17) is 21.1 Å². The molecule has 2 rings (SSSR count). The minimum atomic E-state index is -0.0929. The number of epoxide rings is 1. The Morgan fingerprint density at radius 3 is 2.47 bits per heavy atom. The molecule has 1 aliphatic heterocycles. The molecule has 1 aromatic rings. The van der Waals surface area contributed by atoms with Gasteiger partial charge < -0.3 is 9.47 Å². The Balaban J connectivity index is 2.46. The smallest absolute Gasteiger partial charge is 0.127 e. The second kappa shape index (κ2) is 3.39. The fourth-order valence-electron chi connectivity index (χ4n) is 1.94. The maximum Gasteiger partial charge on any atom is 0.127 e. The summed E-state index contributed by atoms with van der Waals surface area (Å²) in [4.78, 5) is 0. The first kappa shape index (κ1) is 10.8. The fourth-order valence-corrected chi connectivity index (χ4v) is 2.22. The Morgan fingerprint density at radius 1 is 1.40 bits per heavy atom. The second-order valence-electron chi connectivity index (χ2n) is 4.45. The standard InChI is InChI=1S/C12H15ClO2/c1-7-5-8(13)6-9(10(7)14-4)11-12(2,3)15-11/h5-6,11H,1-4H3. The molecule has 0 radical (unpaired) electrons. The molecule has 0 aliphatic carbocycles. The molecule has 0 saturated carbocycles. The lowest BCUT2D eigenvalue weighted by Crippen LogP contribution is -2.01. The van der Waals surface area contributed by atoms with Gasteiger partial charge in [0.15, 0.2) is 0 Å². The quantitative estimate of drug-likeness (QED) is 0.720. The first-order chi connectivity index (χ1) is 6.95. The van der Waals surface area contributed by atoms with Crippen LogP contribution in [-0.2, 0) is 4.74 Å². The van der Waals surface area contributed by atoms with Crippen molar-refractivity contribution >= 4 is 11.6 Å². The zero-order chi connectivity index (χ0) is 11.2. The summed E-state index contributed by atoms with van der Waals surface area (Å²) in [5.41, 5.74) is 2.00. The van der Waals surface area contributed by atoms with Crippen molar-refractivity contribution in [1.29, 1.82) is 0 Å². The zero-order valence-corrected chi connectivity index (χ0v) is 10.2. The van der Waals surface area contributed by atoms with Crippen LogP contribution in [0.5, 0.6) is 5.75 Å². The summed E-state index contributed by atoms with van der Waals surface area (Å²) in [6, 6.07) is 3.83. The zero-order valence-electron chi connectivity index (χ0n) is 9.43. The predicted molar refractivity (Wildman–Crippen MR) is 60.6 cm³/mol. The maximum atomic E-state index is 6.03. The Kier molecular flexibility index (Phi) is 2.44. The van der Waals surface area contributed by atoms with Gasteiger partial charge in [0.05, 0.1) is 12.7 Å². The summed E-state index contributed by atoms with van der Waals surface area (Å²) in [5, 5.41) is 0.731. The molecule has 15 heavy (non-hydrogen) atoms. The van der Waals surface area contributed by atoms with Crippen molar-refractivity contribution in [2.45, 2.75) is 32.5 Å². The van der Waals surface area contributed by atoms with Crippen molar-refractivity contribution < 1.29 is 9.47 Å². The fraction of sp³-hybridized carbons (Fsp3) is 0.500. The summed E-state index contributed by atoms with van der Waals surface area (Å²) in [6.45, 7) is 6.12. The highest BCUT2D eigenvalue weighted by Crippen LogP contribution is 2.52. The summed E-state index contributed by atoms with van der Waals surface area (Å²) < 4.78 is 11.0. The lowest BCUT2D eigenvalue weighted by Gasteiger charge is -2.11. The molecule has 0 aromatic heterocycles. The molecule has 1 fully saturated rings. The maximum absolute atomic E-state index is 6.03. The SMILES string of the molecule is COc1c(C)cc(Cl)cc1C1OC1(C)C. The molecule has 0 amide bonds. The van der Waals surface area contributed by atoms with E-state index in [2.05, 4.69) is 13.8 Å². The lowest BCUT2D eigenvalue weighted by atomic mass is 10.00. The molecule has 3 heteroatoms. The summed E-state index contributed by atoms with van der Waals surface area (Å²) >= 11 is 6.03. The van der Waals surface area contributed by atoms with E-state index in [1.165, 1.54) is 0 Å². The van der Waals surface area contributed by atoms with E-state index < -0.39 is 0 Å². The Bertz CT molecular complexity index is 399. The number of ether oxygens (including phenoxy) is 2. The van der Waals surface area contributed by atoms with E-state index in [1.54, 1.807) is 7.11 Å². The highest BCUT2D eigenvalue weighted by atomic mass is 35.5. The molecule has 0 N–H and O–H groups in total. The van der Waals surface area contributed by atoms with Crippen molar-refractivity contribution in [3.05, 3.63) is 28.3 Å². The van der Waals surface area contributed by atoms with E-state index in [1.807, 2.05) is 19.1 Å². The molecule has 1 saturated heterocycles. The van der Waals surface area contributed by atoms with Crippen molar-refractivity contribution in [2.75, 3.05) is 7.11 Å². The van der Waals surface area contributed by atoms with E-state index in [9.17, 15) is 0 Å². The Hall–Kier alpha value is -0.730. The number of rotatable bonds is 2. The number of methoxy groups -OCH3 is 1. The molecule has 1 aromatic carbocycles. The Labute approximate surface area is 95.1 Å². The van der Waals surface area contributed by atoms with Gasteiger partial charge in [0.1, 0.15) is 11.9 Å². The van der Waals surface area contributed by atoms with Gasteiger partial charge in [-0.1, -0.05) is 11.6 Å². The van der Waals surface area contributed by atoms with Crippen LogP contribution >= 0.6 is 11.6 Å². The summed E-state index contributed by atoms with van der Waals surface area (Å²) in [7, 11) is 1.68. The highest BCUT2D eigenvalue weighted by Gasteiger charge is 2.50. The number of halogens is 1. The van der Waals surface area contributed by atoms with Crippen LogP contribution in [0.25, 0.3) is 0 Å². The number of aryl methyl sites for hydroxylation is 1. The largest absolute Gasteiger partial charge is 0.496 e. The summed E-state index contributed by atoms with van der Waals surface area (Å²) in [5.74, 6) is 0.884. The van der Waals surface area contributed by atoms with Crippen LogP contribution in [0.3, 0.4) is 0 Å². The van der Waals surface area contributed by atoms with Gasteiger partial charge in [0.25, 0.3) is 0 Å². The first-order valence-corrected chi connectivity index (χ1v) is 5.35. The molecule has 82 valence electrons. The van der Waals surface area contributed by atoms with Gasteiger partial charge in [0, 0.05) is 10.6 Å². The number of hydrogen-bond donors (Lipinski definition) is 0. The van der Waals surface area contributed by atoms with Gasteiger partial charge >= 0.3 is 0 Å². The molecule has 1 unspecified atom stereocenters. The lowest BCUT2D eigenvalue weighted by molar-refractivity contribution is 0.322. The Morgan fingerprint density at radius 2 is 2.00 bits per heavy atom. The molecule has 1 atom stereocenters. The van der Waals surface area contributed by atoms with Crippen molar-refractivity contribution in [3.63, 3.8) is 0 Å². The third-order valence-electron chi connectivity index (χ3n) is 2.75. The molecule has 0 bridgehead atoms. The van der Waals surface area contributed by atoms with Crippen LogP contribution in [0.15, 0.2) is 12.1 Å². The highest BCUT2D eigenvalue weighted by molar-refractivity contribution is 6.30. The van der Waals surface area contributed by atoms with E-state index in [0.717, 1.165) is 21.9 Å². The molecule has 1 heterocycles. The number of hydrogen-bond acceptors (Lipinski definition) is 2. The van der Waals surface area contributed by atoms with Gasteiger partial charge in [-0.25, -0.2) is 0 Å². The van der Waals surface area contributed by atoms with E-state index in [-0.39, 0.29) is 11.7 Å². The second-order valence-corrected chi connectivity index (χ2v) is 4.88. The minimum Gasteiger partial charge on any atom is -0.496 e. The number of benzene rings is 1. The third kappa shape index (κ3) is 1.84. The van der Waals surface area contributed by atoms with Crippen LogP contribution in [0, 0.1) is 6.92 Å². The first-order valence-electron chi connectivity index (χ1n) is 4.97. The third-order valence-corrected chi connectivity index (χ3v) is 2.97. The van der Waals surface area contributed by atoms with Crippen LogP contribution in [0.4, 0.5) is 0 Å². The topological polar surface area (TPSA) is 21.8 Å². The van der Waals surface area contributed by atoms with Gasteiger partial charge in [-0.3, -0.25) is 0 Å². The van der Waals surface area contributed by atoms with Gasteiger partial charge in [0.2, 0.25) is 0 Å². The predicted octanol–water partition coefficient (Wildman–Crippen LogP) is 3.51. The van der Waals surface area contributed by atoms with Crippen molar-refractivity contribution in [3.8, 4) is 5.75 Å². The molecular formula is C12H15ClO2. The van der Waals surface area contributed by atoms with Crippen molar-refractivity contribution in [2.24, 2.45) is 0 Å². The van der Waals surface area contributed by atoms with Gasteiger partial charge in [-0.05, 0) is 38.5 Å². The average Bonchev–Trinajstić information content (AvgIpc) is 2.74. The van der Waals surface area contributed by atoms with Crippen LogP contribution in [-0.4, -0.2) is 12.7 Å². The van der Waals surface area contributed by atoms with Crippen LogP contribution in [0.2, 0.25) is 5.02 Å². The van der Waals surface area contributed by atoms with E-state index in [0.29, 0.717) is 0 Å². The van der Waals surface area contributed by atoms with Crippen molar-refractivity contribution in [1.82, 2.24) is 0 Å². The van der Waals surface area contributed by atoms with E-state index >= 15 is 0 Å². The molecular weight excluding hydrogens is 212 g/mol. The minimum absolute atomic E-state index is 0.0929. The molecule has 1 aliphatic rings. The normalized spacial score (nSPS) is 22.6. The molecule has 2 nitrogen and oxygen atoms in total. The van der Waals surface area contributed by atoms with Gasteiger partial charge in [-0.15, -0.1) is 0 Å². The van der Waals surface area contributed by atoms with Crippen LogP contribution in [0.1, 0.15) is 31.1 Å².